The molecule has 0 bridgehead atoms. The molecule has 3 N–H and O–H groups in total. The molecule has 0 radical (unpaired) electrons. The van der Waals surface area contributed by atoms with Crippen LogP contribution in [0.25, 0.3) is 0 Å². The van der Waals surface area contributed by atoms with E-state index >= 15 is 0 Å². The predicted octanol–water partition coefficient (Wildman–Crippen LogP) is 1.67. The molecular weight excluding hydrogens is 216 g/mol. The second kappa shape index (κ2) is 4.49. The maximum absolute atomic E-state index is 5.69. The van der Waals surface area contributed by atoms with Crippen molar-refractivity contribution in [2.24, 2.45) is 5.41 Å². The van der Waals surface area contributed by atoms with Gasteiger partial charge >= 0.3 is 0 Å². The Morgan fingerprint density at radius 2 is 2.29 bits per heavy atom. The smallest absolute Gasteiger partial charge is 0.131 e. The van der Waals surface area contributed by atoms with E-state index < -0.39 is 0 Å². The van der Waals surface area contributed by atoms with Gasteiger partial charge in [0.1, 0.15) is 18.0 Å². The van der Waals surface area contributed by atoms with Gasteiger partial charge in [-0.1, -0.05) is 13.8 Å². The summed E-state index contributed by atoms with van der Waals surface area (Å²) in [6, 6.07) is 2.12. The van der Waals surface area contributed by atoms with E-state index in [0.717, 1.165) is 18.8 Å². The molecule has 0 aromatic carbocycles. The van der Waals surface area contributed by atoms with Crippen molar-refractivity contribution in [1.82, 2.24) is 9.97 Å². The van der Waals surface area contributed by atoms with Gasteiger partial charge in [0.25, 0.3) is 0 Å². The predicted molar refractivity (Wildman–Crippen MR) is 67.7 cm³/mol. The zero-order valence-electron chi connectivity index (χ0n) is 10.6. The van der Waals surface area contributed by atoms with Crippen LogP contribution in [0, 0.1) is 5.41 Å². The first-order valence-corrected chi connectivity index (χ1v) is 5.99. The maximum atomic E-state index is 5.69. The Kier molecular flexibility index (Phi) is 3.19. The van der Waals surface area contributed by atoms with Gasteiger partial charge in [-0.25, -0.2) is 9.97 Å². The van der Waals surface area contributed by atoms with Gasteiger partial charge in [-0.3, -0.25) is 0 Å². The molecular formula is C12H20N4O. The van der Waals surface area contributed by atoms with Crippen LogP contribution in [0.2, 0.25) is 0 Å². The Balaban J connectivity index is 1.98. The Bertz CT molecular complexity index is 394. The third-order valence-corrected chi connectivity index (χ3v) is 3.56. The molecule has 17 heavy (non-hydrogen) atoms. The van der Waals surface area contributed by atoms with E-state index in [4.69, 9.17) is 10.5 Å². The molecule has 2 rings (SSSR count). The van der Waals surface area contributed by atoms with Crippen LogP contribution in [0.15, 0.2) is 12.4 Å². The number of nitrogens with one attached hydrogen (secondary N) is 1. The van der Waals surface area contributed by atoms with E-state index in [1.165, 1.54) is 6.33 Å². The van der Waals surface area contributed by atoms with Gasteiger partial charge in [0.15, 0.2) is 0 Å². The Morgan fingerprint density at radius 1 is 1.53 bits per heavy atom. The number of nitrogen functional groups attached to an aromatic ring is 1. The molecule has 1 heterocycles. The molecule has 1 aromatic heterocycles. The lowest BCUT2D eigenvalue weighted by Gasteiger charge is -2.51. The summed E-state index contributed by atoms with van der Waals surface area (Å²) in [5.41, 5.74) is 5.74. The summed E-state index contributed by atoms with van der Waals surface area (Å²) in [6.45, 7) is 7.21. The van der Waals surface area contributed by atoms with Gasteiger partial charge in [0.2, 0.25) is 0 Å². The molecule has 5 heteroatoms. The van der Waals surface area contributed by atoms with Gasteiger partial charge < -0.3 is 15.8 Å². The standard InChI is InChI=1S/C12H20N4O/c1-4-17-9-5-8(12(9,2)3)16-11-6-10(13)14-7-15-11/h6-9H,4-5H2,1-3H3,(H3,13,14,15,16). The highest BCUT2D eigenvalue weighted by Gasteiger charge is 2.49. The summed E-state index contributed by atoms with van der Waals surface area (Å²) in [5, 5.41) is 3.39. The summed E-state index contributed by atoms with van der Waals surface area (Å²) < 4.78 is 5.69. The van der Waals surface area contributed by atoms with Gasteiger partial charge in [-0.15, -0.1) is 0 Å². The largest absolute Gasteiger partial charge is 0.384 e. The van der Waals surface area contributed by atoms with Gasteiger partial charge in [-0.05, 0) is 13.3 Å². The van der Waals surface area contributed by atoms with Crippen LogP contribution in [0.1, 0.15) is 27.2 Å². The molecule has 1 aliphatic rings. The van der Waals surface area contributed by atoms with E-state index in [0.29, 0.717) is 18.0 Å². The fourth-order valence-electron chi connectivity index (χ4n) is 2.24. The SMILES string of the molecule is CCOC1CC(Nc2cc(N)ncn2)C1(C)C. The van der Waals surface area contributed by atoms with E-state index in [1.54, 1.807) is 6.07 Å². The van der Waals surface area contributed by atoms with E-state index in [1.807, 2.05) is 6.92 Å². The van der Waals surface area contributed by atoms with Crippen molar-refractivity contribution >= 4 is 11.6 Å². The average molecular weight is 236 g/mol. The summed E-state index contributed by atoms with van der Waals surface area (Å²) in [7, 11) is 0. The summed E-state index contributed by atoms with van der Waals surface area (Å²) in [4.78, 5) is 8.03. The Labute approximate surface area is 102 Å². The van der Waals surface area contributed by atoms with Crippen molar-refractivity contribution in [1.29, 1.82) is 0 Å². The lowest BCUT2D eigenvalue weighted by atomic mass is 9.64. The lowest BCUT2D eigenvalue weighted by Crippen LogP contribution is -2.58. The molecule has 2 unspecified atom stereocenters. The van der Waals surface area contributed by atoms with Gasteiger partial charge in [-0.2, -0.15) is 0 Å². The minimum atomic E-state index is 0.121. The first-order valence-electron chi connectivity index (χ1n) is 5.99. The normalized spacial score (nSPS) is 26.3. The fourth-order valence-corrected chi connectivity index (χ4v) is 2.24. The van der Waals surface area contributed by atoms with E-state index in [-0.39, 0.29) is 5.41 Å². The quantitative estimate of drug-likeness (QED) is 0.832. The topological polar surface area (TPSA) is 73.1 Å². The minimum absolute atomic E-state index is 0.121. The molecule has 94 valence electrons. The summed E-state index contributed by atoms with van der Waals surface area (Å²) in [5.74, 6) is 1.27. The molecule has 0 spiro atoms. The number of aromatic nitrogens is 2. The van der Waals surface area contributed by atoms with Crippen LogP contribution in [0.4, 0.5) is 11.6 Å². The molecule has 1 aliphatic carbocycles. The summed E-state index contributed by atoms with van der Waals surface area (Å²) in [6.07, 6.45) is 2.80. The molecule has 0 amide bonds. The number of ether oxygens (including phenoxy) is 1. The molecule has 5 nitrogen and oxygen atoms in total. The fraction of sp³-hybridized carbons (Fsp3) is 0.667. The monoisotopic (exact) mass is 236 g/mol. The average Bonchev–Trinajstić information content (AvgIpc) is 2.28. The molecule has 2 atom stereocenters. The van der Waals surface area contributed by atoms with Gasteiger partial charge in [0, 0.05) is 24.1 Å². The van der Waals surface area contributed by atoms with Crippen LogP contribution in [0.5, 0.6) is 0 Å². The number of nitrogens with zero attached hydrogens (tertiary/aromatic N) is 2. The molecule has 1 saturated carbocycles. The van der Waals surface area contributed by atoms with Crippen LogP contribution in [-0.2, 0) is 4.74 Å². The van der Waals surface area contributed by atoms with Gasteiger partial charge in [0.05, 0.1) is 6.10 Å². The van der Waals surface area contributed by atoms with Crippen molar-refractivity contribution in [3.63, 3.8) is 0 Å². The highest BCUT2D eigenvalue weighted by atomic mass is 16.5. The Hall–Kier alpha value is -1.36. The second-order valence-electron chi connectivity index (χ2n) is 5.03. The maximum Gasteiger partial charge on any atom is 0.131 e. The first kappa shape index (κ1) is 12.1. The van der Waals surface area contributed by atoms with E-state index in [2.05, 4.69) is 29.1 Å². The number of anilines is 2. The van der Waals surface area contributed by atoms with Crippen molar-refractivity contribution in [3.8, 4) is 0 Å². The van der Waals surface area contributed by atoms with Crippen molar-refractivity contribution in [2.75, 3.05) is 17.7 Å². The second-order valence-corrected chi connectivity index (χ2v) is 5.03. The highest BCUT2D eigenvalue weighted by Crippen LogP contribution is 2.44. The number of hydrogen-bond acceptors (Lipinski definition) is 5. The zero-order valence-corrected chi connectivity index (χ0v) is 10.6. The van der Waals surface area contributed by atoms with Crippen molar-refractivity contribution in [3.05, 3.63) is 12.4 Å². The van der Waals surface area contributed by atoms with Crippen LogP contribution < -0.4 is 11.1 Å². The Morgan fingerprint density at radius 3 is 2.88 bits per heavy atom. The number of rotatable bonds is 4. The van der Waals surface area contributed by atoms with Crippen LogP contribution >= 0.6 is 0 Å². The van der Waals surface area contributed by atoms with Crippen LogP contribution in [-0.4, -0.2) is 28.7 Å². The molecule has 1 aromatic rings. The molecule has 0 aliphatic heterocycles. The summed E-state index contributed by atoms with van der Waals surface area (Å²) >= 11 is 0. The highest BCUT2D eigenvalue weighted by molar-refractivity contribution is 5.45. The third kappa shape index (κ3) is 2.34. The van der Waals surface area contributed by atoms with E-state index in [9.17, 15) is 0 Å². The molecule has 0 saturated heterocycles. The van der Waals surface area contributed by atoms with Crippen LogP contribution in [0.3, 0.4) is 0 Å². The zero-order chi connectivity index (χ0) is 12.5. The lowest BCUT2D eigenvalue weighted by molar-refractivity contribution is -0.0976. The number of nitrogens with two attached hydrogens (primary N) is 1. The van der Waals surface area contributed by atoms with Crippen molar-refractivity contribution in [2.45, 2.75) is 39.3 Å². The number of hydrogen-bond donors (Lipinski definition) is 2. The molecule has 1 fully saturated rings. The minimum Gasteiger partial charge on any atom is -0.384 e. The van der Waals surface area contributed by atoms with Crippen molar-refractivity contribution < 1.29 is 4.74 Å². The first-order chi connectivity index (χ1) is 8.04. The third-order valence-electron chi connectivity index (χ3n) is 3.56.